The lowest BCUT2D eigenvalue weighted by molar-refractivity contribution is -0.385. The number of ether oxygens (including phenoxy) is 1. The van der Waals surface area contributed by atoms with E-state index in [9.17, 15) is 10.1 Å². The fourth-order valence-electron chi connectivity index (χ4n) is 1.84. The summed E-state index contributed by atoms with van der Waals surface area (Å²) in [5, 5.41) is 14.7. The molecule has 0 spiro atoms. The van der Waals surface area contributed by atoms with Crippen molar-refractivity contribution in [2.24, 2.45) is 0 Å². The summed E-state index contributed by atoms with van der Waals surface area (Å²) in [6.45, 7) is 3.41. The molecule has 0 radical (unpaired) electrons. The molecular weight excluding hydrogens is 292 g/mol. The van der Waals surface area contributed by atoms with E-state index in [0.717, 1.165) is 12.1 Å². The maximum Gasteiger partial charge on any atom is 0.311 e. The highest BCUT2D eigenvalue weighted by molar-refractivity contribution is 6.30. The van der Waals surface area contributed by atoms with Gasteiger partial charge in [0, 0.05) is 23.2 Å². The van der Waals surface area contributed by atoms with E-state index in [1.165, 1.54) is 6.07 Å². The lowest BCUT2D eigenvalue weighted by Crippen LogP contribution is -2.12. The Kier molecular flexibility index (Phi) is 5.14. The SMILES string of the molecule is CCNCc1ccc(Cl)cc1Oc1ccccc1[N+](=O)[O-]. The number of hydrogen-bond donors (Lipinski definition) is 1. The van der Waals surface area contributed by atoms with Crippen LogP contribution in [0.4, 0.5) is 5.69 Å². The minimum Gasteiger partial charge on any atom is -0.450 e. The molecule has 0 saturated carbocycles. The molecule has 0 bridgehead atoms. The zero-order valence-electron chi connectivity index (χ0n) is 11.5. The summed E-state index contributed by atoms with van der Waals surface area (Å²) in [4.78, 5) is 10.6. The fourth-order valence-corrected chi connectivity index (χ4v) is 2.00. The van der Waals surface area contributed by atoms with Crippen molar-refractivity contribution >= 4 is 17.3 Å². The molecule has 0 saturated heterocycles. The molecule has 0 amide bonds. The van der Waals surface area contributed by atoms with Crippen molar-refractivity contribution in [3.8, 4) is 11.5 Å². The van der Waals surface area contributed by atoms with Crippen molar-refractivity contribution in [2.75, 3.05) is 6.54 Å². The number of hydrogen-bond acceptors (Lipinski definition) is 4. The van der Waals surface area contributed by atoms with Crippen LogP contribution < -0.4 is 10.1 Å². The first-order chi connectivity index (χ1) is 10.1. The number of nitrogens with zero attached hydrogens (tertiary/aromatic N) is 1. The number of benzene rings is 2. The Morgan fingerprint density at radius 1 is 1.24 bits per heavy atom. The van der Waals surface area contributed by atoms with Crippen molar-refractivity contribution in [3.63, 3.8) is 0 Å². The minimum absolute atomic E-state index is 0.0770. The molecule has 5 nitrogen and oxygen atoms in total. The van der Waals surface area contributed by atoms with Crippen LogP contribution in [0.15, 0.2) is 42.5 Å². The van der Waals surface area contributed by atoms with Gasteiger partial charge in [-0.1, -0.05) is 36.7 Å². The Morgan fingerprint density at radius 2 is 2.00 bits per heavy atom. The monoisotopic (exact) mass is 306 g/mol. The summed E-state index contributed by atoms with van der Waals surface area (Å²) < 4.78 is 5.71. The molecule has 2 aromatic rings. The number of nitro benzene ring substituents is 1. The normalized spacial score (nSPS) is 10.4. The summed E-state index contributed by atoms with van der Waals surface area (Å²) in [5.41, 5.74) is 0.811. The quantitative estimate of drug-likeness (QED) is 0.643. The third kappa shape index (κ3) is 3.93. The number of rotatable bonds is 6. The van der Waals surface area contributed by atoms with Gasteiger partial charge in [0.1, 0.15) is 5.75 Å². The molecular formula is C15H15ClN2O3. The van der Waals surface area contributed by atoms with E-state index < -0.39 is 4.92 Å². The van der Waals surface area contributed by atoms with Crippen LogP contribution >= 0.6 is 11.6 Å². The molecule has 0 aliphatic rings. The first kappa shape index (κ1) is 15.3. The number of nitrogens with one attached hydrogen (secondary N) is 1. The van der Waals surface area contributed by atoms with Crippen LogP contribution in [0.1, 0.15) is 12.5 Å². The van der Waals surface area contributed by atoms with Gasteiger partial charge in [0.15, 0.2) is 0 Å². The van der Waals surface area contributed by atoms with Gasteiger partial charge < -0.3 is 10.1 Å². The highest BCUT2D eigenvalue weighted by Crippen LogP contribution is 2.33. The van der Waals surface area contributed by atoms with Gasteiger partial charge in [-0.25, -0.2) is 0 Å². The molecule has 1 N–H and O–H groups in total. The Balaban J connectivity index is 2.34. The lowest BCUT2D eigenvalue weighted by Gasteiger charge is -2.12. The van der Waals surface area contributed by atoms with Crippen molar-refractivity contribution in [2.45, 2.75) is 13.5 Å². The van der Waals surface area contributed by atoms with Crippen LogP contribution in [0.5, 0.6) is 11.5 Å². The summed E-state index contributed by atoms with van der Waals surface area (Å²) in [5.74, 6) is 0.709. The predicted molar refractivity (Wildman–Crippen MR) is 82.0 cm³/mol. The molecule has 0 unspecified atom stereocenters. The minimum atomic E-state index is -0.468. The van der Waals surface area contributed by atoms with E-state index in [1.807, 2.05) is 13.0 Å². The topological polar surface area (TPSA) is 64.4 Å². The van der Waals surface area contributed by atoms with Crippen LogP contribution in [0.25, 0.3) is 0 Å². The number of nitro groups is 1. The zero-order chi connectivity index (χ0) is 15.2. The van der Waals surface area contributed by atoms with E-state index >= 15 is 0 Å². The van der Waals surface area contributed by atoms with Crippen LogP contribution in [-0.4, -0.2) is 11.5 Å². The van der Waals surface area contributed by atoms with E-state index in [-0.39, 0.29) is 11.4 Å². The zero-order valence-corrected chi connectivity index (χ0v) is 12.3. The van der Waals surface area contributed by atoms with Crippen LogP contribution in [0, 0.1) is 10.1 Å². The molecule has 0 heterocycles. The number of para-hydroxylation sites is 2. The first-order valence-corrected chi connectivity index (χ1v) is 6.90. The molecule has 2 rings (SSSR count). The number of halogens is 1. The molecule has 0 fully saturated rings. The summed E-state index contributed by atoms with van der Waals surface area (Å²) in [6.07, 6.45) is 0. The summed E-state index contributed by atoms with van der Waals surface area (Å²) in [7, 11) is 0. The molecule has 0 aromatic heterocycles. The maximum atomic E-state index is 11.0. The van der Waals surface area contributed by atoms with Gasteiger partial charge in [-0.05, 0) is 24.7 Å². The van der Waals surface area contributed by atoms with Gasteiger partial charge in [-0.15, -0.1) is 0 Å². The van der Waals surface area contributed by atoms with Crippen molar-refractivity contribution < 1.29 is 9.66 Å². The highest BCUT2D eigenvalue weighted by atomic mass is 35.5. The van der Waals surface area contributed by atoms with Crippen LogP contribution in [-0.2, 0) is 6.54 Å². The largest absolute Gasteiger partial charge is 0.450 e. The van der Waals surface area contributed by atoms with Gasteiger partial charge >= 0.3 is 5.69 Å². The van der Waals surface area contributed by atoms with Crippen molar-refractivity contribution in [1.82, 2.24) is 5.32 Å². The molecule has 0 aliphatic carbocycles. The summed E-state index contributed by atoms with van der Waals surface area (Å²) >= 11 is 5.99. The van der Waals surface area contributed by atoms with E-state index in [0.29, 0.717) is 17.3 Å². The van der Waals surface area contributed by atoms with Crippen LogP contribution in [0.2, 0.25) is 5.02 Å². The second-order valence-electron chi connectivity index (χ2n) is 4.36. The molecule has 6 heteroatoms. The van der Waals surface area contributed by atoms with Crippen molar-refractivity contribution in [1.29, 1.82) is 0 Å². The summed E-state index contributed by atoms with van der Waals surface area (Å²) in [6, 6.07) is 11.5. The average molecular weight is 307 g/mol. The molecule has 0 aliphatic heterocycles. The average Bonchev–Trinajstić information content (AvgIpc) is 2.47. The van der Waals surface area contributed by atoms with Gasteiger partial charge in [0.25, 0.3) is 0 Å². The molecule has 2 aromatic carbocycles. The van der Waals surface area contributed by atoms with Gasteiger partial charge in [0.2, 0.25) is 5.75 Å². The maximum absolute atomic E-state index is 11.0. The van der Waals surface area contributed by atoms with E-state index in [4.69, 9.17) is 16.3 Å². The van der Waals surface area contributed by atoms with E-state index in [1.54, 1.807) is 30.3 Å². The second-order valence-corrected chi connectivity index (χ2v) is 4.80. The van der Waals surface area contributed by atoms with Crippen LogP contribution in [0.3, 0.4) is 0 Å². The third-order valence-electron chi connectivity index (χ3n) is 2.88. The van der Waals surface area contributed by atoms with Crippen molar-refractivity contribution in [3.05, 3.63) is 63.2 Å². The Labute approximate surface area is 127 Å². The molecule has 0 atom stereocenters. The van der Waals surface area contributed by atoms with Gasteiger partial charge in [-0.3, -0.25) is 10.1 Å². The lowest BCUT2D eigenvalue weighted by atomic mass is 10.2. The molecule has 21 heavy (non-hydrogen) atoms. The standard InChI is InChI=1S/C15H15ClN2O3/c1-2-17-10-11-7-8-12(16)9-15(11)21-14-6-4-3-5-13(14)18(19)20/h3-9,17H,2,10H2,1H3. The van der Waals surface area contributed by atoms with Gasteiger partial charge in [0.05, 0.1) is 4.92 Å². The van der Waals surface area contributed by atoms with E-state index in [2.05, 4.69) is 5.32 Å². The molecule has 110 valence electrons. The smallest absolute Gasteiger partial charge is 0.311 e. The second kappa shape index (κ2) is 7.06. The fraction of sp³-hybridized carbons (Fsp3) is 0.200. The Bertz CT molecular complexity index is 647. The highest BCUT2D eigenvalue weighted by Gasteiger charge is 2.16. The Hall–Kier alpha value is -2.11. The Morgan fingerprint density at radius 3 is 2.71 bits per heavy atom. The van der Waals surface area contributed by atoms with Gasteiger partial charge in [-0.2, -0.15) is 0 Å². The predicted octanol–water partition coefficient (Wildman–Crippen LogP) is 4.15. The third-order valence-corrected chi connectivity index (χ3v) is 3.11. The first-order valence-electron chi connectivity index (χ1n) is 6.52.